The van der Waals surface area contributed by atoms with Crippen LogP contribution in [-0.2, 0) is 0 Å². The predicted molar refractivity (Wildman–Crippen MR) is 71.6 cm³/mol. The molecule has 1 heterocycles. The number of aliphatic hydroxyl groups excluding tert-OH is 2. The Morgan fingerprint density at radius 1 is 1.50 bits per heavy atom. The Morgan fingerprint density at radius 2 is 2.28 bits per heavy atom. The Labute approximate surface area is 108 Å². The molecule has 0 unspecified atom stereocenters. The third-order valence-corrected chi connectivity index (χ3v) is 3.61. The third kappa shape index (κ3) is 2.82. The maximum absolute atomic E-state index is 9.84. The smallest absolute Gasteiger partial charge is 0.134 e. The Hall–Kier alpha value is -1.13. The number of rotatable bonds is 6. The lowest BCUT2D eigenvalue weighted by Gasteiger charge is -2.39. The van der Waals surface area contributed by atoms with Crippen LogP contribution in [0.15, 0.2) is 18.3 Å². The molecule has 1 saturated carbocycles. The van der Waals surface area contributed by atoms with E-state index < -0.39 is 6.10 Å². The molecule has 1 aliphatic carbocycles. The van der Waals surface area contributed by atoms with Crippen LogP contribution in [0.5, 0.6) is 0 Å². The molecule has 1 aliphatic rings. The van der Waals surface area contributed by atoms with Gasteiger partial charge in [0.05, 0.1) is 6.10 Å². The van der Waals surface area contributed by atoms with Gasteiger partial charge in [0.15, 0.2) is 0 Å². The second-order valence-electron chi connectivity index (χ2n) is 4.95. The zero-order valence-electron chi connectivity index (χ0n) is 10.9. The summed E-state index contributed by atoms with van der Waals surface area (Å²) in [5, 5.41) is 18.9. The molecule has 0 spiro atoms. The molecule has 2 N–H and O–H groups in total. The van der Waals surface area contributed by atoms with Gasteiger partial charge in [-0.15, -0.1) is 0 Å². The summed E-state index contributed by atoms with van der Waals surface area (Å²) in [6, 6.07) is 4.30. The summed E-state index contributed by atoms with van der Waals surface area (Å²) in [6.45, 7) is 2.77. The highest BCUT2D eigenvalue weighted by molar-refractivity contribution is 5.49. The molecule has 0 aromatic carbocycles. The van der Waals surface area contributed by atoms with E-state index in [1.165, 1.54) is 19.3 Å². The lowest BCUT2D eigenvalue weighted by atomic mass is 9.91. The largest absolute Gasteiger partial charge is 0.396 e. The van der Waals surface area contributed by atoms with E-state index in [0.717, 1.165) is 24.3 Å². The van der Waals surface area contributed by atoms with Crippen molar-refractivity contribution in [3.8, 4) is 0 Å². The van der Waals surface area contributed by atoms with Crippen LogP contribution in [0.1, 0.15) is 44.3 Å². The molecule has 0 bridgehead atoms. The third-order valence-electron chi connectivity index (χ3n) is 3.61. The summed E-state index contributed by atoms with van der Waals surface area (Å²) in [6.07, 6.45) is 5.63. The molecule has 100 valence electrons. The number of aromatic nitrogens is 1. The maximum atomic E-state index is 9.84. The maximum Gasteiger partial charge on any atom is 0.134 e. The fraction of sp³-hybridized carbons (Fsp3) is 0.643. The molecule has 4 heteroatoms. The van der Waals surface area contributed by atoms with Crippen LogP contribution in [0, 0.1) is 0 Å². The molecular formula is C14H22N2O2. The van der Waals surface area contributed by atoms with E-state index in [4.69, 9.17) is 5.11 Å². The van der Waals surface area contributed by atoms with Gasteiger partial charge in [0.2, 0.25) is 0 Å². The summed E-state index contributed by atoms with van der Waals surface area (Å²) >= 11 is 0. The fourth-order valence-corrected chi connectivity index (χ4v) is 2.38. The molecule has 0 aliphatic heterocycles. The van der Waals surface area contributed by atoms with E-state index in [-0.39, 0.29) is 6.61 Å². The first-order valence-corrected chi connectivity index (χ1v) is 6.74. The minimum absolute atomic E-state index is 0.195. The Bertz CT molecular complexity index is 378. The minimum atomic E-state index is -0.509. The van der Waals surface area contributed by atoms with Crippen molar-refractivity contribution in [3.05, 3.63) is 23.9 Å². The van der Waals surface area contributed by atoms with Crippen LogP contribution in [0.2, 0.25) is 0 Å². The van der Waals surface area contributed by atoms with Gasteiger partial charge in [-0.2, -0.15) is 0 Å². The van der Waals surface area contributed by atoms with Gasteiger partial charge in [-0.1, -0.05) is 6.07 Å². The van der Waals surface area contributed by atoms with E-state index in [1.54, 1.807) is 13.1 Å². The monoisotopic (exact) mass is 250 g/mol. The van der Waals surface area contributed by atoms with Gasteiger partial charge >= 0.3 is 0 Å². The zero-order valence-corrected chi connectivity index (χ0v) is 10.9. The number of nitrogens with zero attached hydrogens (tertiary/aromatic N) is 2. The number of anilines is 1. The van der Waals surface area contributed by atoms with E-state index in [1.807, 2.05) is 12.1 Å². The molecule has 0 radical (unpaired) electrons. The van der Waals surface area contributed by atoms with Crippen molar-refractivity contribution in [3.63, 3.8) is 0 Å². The van der Waals surface area contributed by atoms with E-state index >= 15 is 0 Å². The van der Waals surface area contributed by atoms with Gasteiger partial charge in [0.25, 0.3) is 0 Å². The average molecular weight is 250 g/mol. The van der Waals surface area contributed by atoms with Crippen LogP contribution < -0.4 is 4.90 Å². The van der Waals surface area contributed by atoms with Gasteiger partial charge in [0.1, 0.15) is 5.82 Å². The van der Waals surface area contributed by atoms with Gasteiger partial charge < -0.3 is 15.1 Å². The number of hydrogen-bond acceptors (Lipinski definition) is 4. The van der Waals surface area contributed by atoms with Gasteiger partial charge in [0, 0.05) is 31.0 Å². The van der Waals surface area contributed by atoms with Gasteiger partial charge in [-0.3, -0.25) is 0 Å². The molecule has 0 amide bonds. The quantitative estimate of drug-likeness (QED) is 0.809. The second kappa shape index (κ2) is 6.16. The normalized spacial score (nSPS) is 17.3. The van der Waals surface area contributed by atoms with Gasteiger partial charge in [-0.25, -0.2) is 4.98 Å². The van der Waals surface area contributed by atoms with E-state index in [9.17, 15) is 5.11 Å². The Morgan fingerprint density at radius 3 is 2.83 bits per heavy atom. The van der Waals surface area contributed by atoms with E-state index in [0.29, 0.717) is 6.04 Å². The number of pyridine rings is 1. The molecule has 1 atom stereocenters. The number of aliphatic hydroxyl groups is 2. The molecule has 1 aromatic rings. The van der Waals surface area contributed by atoms with Crippen LogP contribution >= 0.6 is 0 Å². The Kier molecular flexibility index (Phi) is 4.55. The van der Waals surface area contributed by atoms with Crippen molar-refractivity contribution in [2.45, 2.75) is 44.8 Å². The summed E-state index contributed by atoms with van der Waals surface area (Å²) < 4.78 is 0. The van der Waals surface area contributed by atoms with Crippen molar-refractivity contribution >= 4 is 5.82 Å². The zero-order chi connectivity index (χ0) is 13.0. The second-order valence-corrected chi connectivity index (χ2v) is 4.95. The first-order valence-electron chi connectivity index (χ1n) is 6.74. The van der Waals surface area contributed by atoms with Crippen molar-refractivity contribution < 1.29 is 10.2 Å². The lowest BCUT2D eigenvalue weighted by molar-refractivity contribution is 0.198. The molecule has 18 heavy (non-hydrogen) atoms. The molecule has 0 saturated heterocycles. The summed E-state index contributed by atoms with van der Waals surface area (Å²) in [4.78, 5) is 6.69. The topological polar surface area (TPSA) is 56.6 Å². The highest BCUT2D eigenvalue weighted by Gasteiger charge is 2.27. The molecule has 1 fully saturated rings. The highest BCUT2D eigenvalue weighted by atomic mass is 16.3. The summed E-state index contributed by atoms with van der Waals surface area (Å²) in [7, 11) is 0. The standard InChI is InChI=1S/C14H22N2O2/c1-11(18)13-7-3-8-15-14(13)16(9-4-10-17)12-5-2-6-12/h3,7-8,11-12,17-18H,2,4-6,9-10H2,1H3/t11-/m1/s1. The average Bonchev–Trinajstić information content (AvgIpc) is 2.32. The van der Waals surface area contributed by atoms with Crippen LogP contribution in [-0.4, -0.2) is 34.4 Å². The Balaban J connectivity index is 2.23. The van der Waals surface area contributed by atoms with Crippen LogP contribution in [0.4, 0.5) is 5.82 Å². The van der Waals surface area contributed by atoms with Crippen LogP contribution in [0.25, 0.3) is 0 Å². The predicted octanol–water partition coefficient (Wildman–Crippen LogP) is 1.88. The molecular weight excluding hydrogens is 228 g/mol. The van der Waals surface area contributed by atoms with Crippen LogP contribution in [0.3, 0.4) is 0 Å². The highest BCUT2D eigenvalue weighted by Crippen LogP contribution is 2.32. The molecule has 2 rings (SSSR count). The van der Waals surface area contributed by atoms with Gasteiger partial charge in [-0.05, 0) is 38.7 Å². The first-order chi connectivity index (χ1) is 8.74. The first kappa shape index (κ1) is 13.3. The number of hydrogen-bond donors (Lipinski definition) is 2. The SMILES string of the molecule is C[C@@H](O)c1cccnc1N(CCCO)C1CCC1. The summed E-state index contributed by atoms with van der Waals surface area (Å²) in [5.41, 5.74) is 0.877. The van der Waals surface area contributed by atoms with Crippen molar-refractivity contribution in [1.82, 2.24) is 4.98 Å². The van der Waals surface area contributed by atoms with Crippen molar-refractivity contribution in [2.24, 2.45) is 0 Å². The molecule has 1 aromatic heterocycles. The minimum Gasteiger partial charge on any atom is -0.396 e. The summed E-state index contributed by atoms with van der Waals surface area (Å²) in [5.74, 6) is 0.880. The fourth-order valence-electron chi connectivity index (χ4n) is 2.38. The molecule has 4 nitrogen and oxygen atoms in total. The van der Waals surface area contributed by atoms with Crippen molar-refractivity contribution in [1.29, 1.82) is 0 Å². The van der Waals surface area contributed by atoms with E-state index in [2.05, 4.69) is 9.88 Å². The lowest BCUT2D eigenvalue weighted by Crippen LogP contribution is -2.42. The van der Waals surface area contributed by atoms with Crippen molar-refractivity contribution in [2.75, 3.05) is 18.1 Å².